The van der Waals surface area contributed by atoms with E-state index in [9.17, 15) is 26.3 Å². The van der Waals surface area contributed by atoms with Gasteiger partial charge < -0.3 is 25.0 Å². The highest BCUT2D eigenvalue weighted by Crippen LogP contribution is 2.29. The van der Waals surface area contributed by atoms with Crippen LogP contribution in [0.1, 0.15) is 43.7 Å². The molecule has 42 heavy (non-hydrogen) atoms. The van der Waals surface area contributed by atoms with Gasteiger partial charge in [0.25, 0.3) is 5.95 Å². The Bertz CT molecular complexity index is 1300. The third-order valence-corrected chi connectivity index (χ3v) is 6.72. The maximum absolute atomic E-state index is 10.6. The Morgan fingerprint density at radius 1 is 1.02 bits per heavy atom. The number of nitrogens with one attached hydrogen (secondary N) is 1. The minimum Gasteiger partial charge on any atom is -0.475 e. The van der Waals surface area contributed by atoms with Gasteiger partial charge in [-0.1, -0.05) is 25.1 Å². The van der Waals surface area contributed by atoms with E-state index >= 15 is 0 Å². The van der Waals surface area contributed by atoms with Crippen molar-refractivity contribution in [3.8, 4) is 5.95 Å². The molecule has 2 aromatic heterocycles. The third-order valence-electron chi connectivity index (χ3n) is 6.72. The Balaban J connectivity index is 0.000000289. The van der Waals surface area contributed by atoms with E-state index in [1.165, 1.54) is 26.1 Å². The molecule has 2 fully saturated rings. The summed E-state index contributed by atoms with van der Waals surface area (Å²) in [4.78, 5) is 25.1. The molecule has 0 radical (unpaired) electrons. The highest BCUT2D eigenvalue weighted by Gasteiger charge is 2.39. The van der Waals surface area contributed by atoms with Crippen molar-refractivity contribution in [3.63, 3.8) is 0 Å². The van der Waals surface area contributed by atoms with Crippen LogP contribution in [0.25, 0.3) is 16.9 Å². The number of piperidine rings is 1. The minimum absolute atomic E-state index is 0.353. The summed E-state index contributed by atoms with van der Waals surface area (Å²) >= 11 is 0. The zero-order valence-electron chi connectivity index (χ0n) is 22.5. The predicted molar refractivity (Wildman–Crippen MR) is 135 cm³/mol. The van der Waals surface area contributed by atoms with E-state index in [-0.39, 0.29) is 0 Å². The fraction of sp³-hybridized carbons (Fsp3) is 0.560. The number of likely N-dealkylation sites (tertiary alicyclic amines) is 1. The van der Waals surface area contributed by atoms with Gasteiger partial charge in [-0.3, -0.25) is 0 Å². The van der Waals surface area contributed by atoms with Crippen LogP contribution in [-0.4, -0.2) is 92.0 Å². The molecular formula is C25H30F6N6O5. The largest absolute Gasteiger partial charge is 0.490 e. The Kier molecular flexibility index (Phi) is 10.9. The number of alkyl halides is 6. The van der Waals surface area contributed by atoms with E-state index in [1.54, 1.807) is 0 Å². The van der Waals surface area contributed by atoms with Crippen molar-refractivity contribution < 1.29 is 50.7 Å². The van der Waals surface area contributed by atoms with Gasteiger partial charge in [0, 0.05) is 17.8 Å². The Morgan fingerprint density at radius 3 is 2.14 bits per heavy atom. The number of aryl methyl sites for hydroxylation is 1. The van der Waals surface area contributed by atoms with E-state index in [2.05, 4.69) is 34.4 Å². The van der Waals surface area contributed by atoms with Gasteiger partial charge in [0.05, 0.1) is 11.2 Å². The average Bonchev–Trinajstić information content (AvgIpc) is 3.69. The van der Waals surface area contributed by atoms with E-state index in [4.69, 9.17) is 34.4 Å². The molecule has 2 aliphatic rings. The number of para-hydroxylation sites is 1. The molecule has 0 bridgehead atoms. The molecule has 0 unspecified atom stereocenters. The van der Waals surface area contributed by atoms with Crippen LogP contribution >= 0.6 is 0 Å². The Hall–Kier alpha value is -3.73. The number of aliphatic carboxylic acids is 2. The van der Waals surface area contributed by atoms with E-state index in [1.807, 2.05) is 16.8 Å². The summed E-state index contributed by atoms with van der Waals surface area (Å²) in [6.07, 6.45) is -5.80. The lowest BCUT2D eigenvalue weighted by Crippen LogP contribution is -2.37. The number of rotatable bonds is 5. The SMILES string of the molecule is CCc1nn(-c2noc(C3CCN(C[C@@H]4CCNC4)CC3)n2)c2ccccc12.O=C(O)C(F)(F)F.O=C(O)C(F)(F)F. The molecular weight excluding hydrogens is 578 g/mol. The molecule has 17 heteroatoms. The molecule has 11 nitrogen and oxygen atoms in total. The second-order valence-corrected chi connectivity index (χ2v) is 9.70. The minimum atomic E-state index is -5.08. The summed E-state index contributed by atoms with van der Waals surface area (Å²) in [5, 5.41) is 27.9. The maximum Gasteiger partial charge on any atom is 0.490 e. The van der Waals surface area contributed by atoms with Crippen LogP contribution in [0.2, 0.25) is 0 Å². The molecule has 1 atom stereocenters. The summed E-state index contributed by atoms with van der Waals surface area (Å²) in [5.41, 5.74) is 2.10. The van der Waals surface area contributed by atoms with Crippen LogP contribution in [0.3, 0.4) is 0 Å². The second-order valence-electron chi connectivity index (χ2n) is 9.70. The molecule has 3 aromatic rings. The zero-order valence-corrected chi connectivity index (χ0v) is 22.5. The summed E-state index contributed by atoms with van der Waals surface area (Å²) in [6, 6.07) is 8.24. The molecule has 2 saturated heterocycles. The zero-order chi connectivity index (χ0) is 31.1. The number of aromatic nitrogens is 4. The third kappa shape index (κ3) is 8.88. The quantitative estimate of drug-likeness (QED) is 0.363. The van der Waals surface area contributed by atoms with E-state index in [0.717, 1.165) is 60.8 Å². The fourth-order valence-electron chi connectivity index (χ4n) is 4.62. The second kappa shape index (κ2) is 14.0. The number of hydrogen-bond acceptors (Lipinski definition) is 8. The number of halogens is 6. The molecule has 0 aliphatic carbocycles. The first-order valence-electron chi connectivity index (χ1n) is 13.0. The Morgan fingerprint density at radius 2 is 1.62 bits per heavy atom. The molecule has 2 aliphatic heterocycles. The molecule has 0 spiro atoms. The highest BCUT2D eigenvalue weighted by molar-refractivity contribution is 5.83. The normalized spacial score (nSPS) is 18.2. The van der Waals surface area contributed by atoms with Crippen molar-refractivity contribution in [1.82, 2.24) is 30.1 Å². The number of carbonyl (C=O) groups is 2. The highest BCUT2D eigenvalue weighted by atomic mass is 19.4. The standard InChI is InChI=1S/C21H28N6O.2C2HF3O2/c1-2-18-17-5-3-4-6-19(17)27(24-18)21-23-20(28-25-21)16-8-11-26(12-9-16)14-15-7-10-22-13-15;2*3-2(4,5)1(6)7/h3-6,15-16,22H,2,7-14H2,1H3;2*(H,6,7)/t15-;;/m1../s1. The van der Waals surface area contributed by atoms with Gasteiger partial charge in [-0.05, 0) is 69.0 Å². The first kappa shape index (κ1) is 32.8. The summed E-state index contributed by atoms with van der Waals surface area (Å²) in [5.74, 6) is -3.04. The van der Waals surface area contributed by atoms with Crippen molar-refractivity contribution in [2.24, 2.45) is 5.92 Å². The van der Waals surface area contributed by atoms with Crippen LogP contribution in [0.15, 0.2) is 28.8 Å². The lowest BCUT2D eigenvalue weighted by molar-refractivity contribution is -0.193. The predicted octanol–water partition coefficient (Wildman–Crippen LogP) is 4.03. The monoisotopic (exact) mass is 608 g/mol. The summed E-state index contributed by atoms with van der Waals surface area (Å²) < 4.78 is 71.0. The lowest BCUT2D eigenvalue weighted by atomic mass is 9.95. The van der Waals surface area contributed by atoms with Gasteiger partial charge in [-0.2, -0.15) is 41.1 Å². The molecule has 4 heterocycles. The van der Waals surface area contributed by atoms with Crippen molar-refractivity contribution in [2.45, 2.75) is 50.9 Å². The van der Waals surface area contributed by atoms with Gasteiger partial charge >= 0.3 is 24.3 Å². The number of nitrogens with zero attached hydrogens (tertiary/aromatic N) is 5. The number of carboxylic acid groups (broad SMARTS) is 2. The summed E-state index contributed by atoms with van der Waals surface area (Å²) in [7, 11) is 0. The van der Waals surface area contributed by atoms with Gasteiger partial charge in [-0.25, -0.2) is 9.59 Å². The number of benzene rings is 1. The van der Waals surface area contributed by atoms with Crippen molar-refractivity contribution in [1.29, 1.82) is 0 Å². The van der Waals surface area contributed by atoms with Crippen molar-refractivity contribution in [2.75, 3.05) is 32.7 Å². The first-order chi connectivity index (χ1) is 19.7. The molecule has 0 amide bonds. The topological polar surface area (TPSA) is 147 Å². The van der Waals surface area contributed by atoms with Gasteiger partial charge in [-0.15, -0.1) is 0 Å². The molecule has 232 valence electrons. The lowest BCUT2D eigenvalue weighted by Gasteiger charge is -2.31. The van der Waals surface area contributed by atoms with Crippen LogP contribution < -0.4 is 5.32 Å². The molecule has 5 rings (SSSR count). The first-order valence-corrected chi connectivity index (χ1v) is 13.0. The number of fused-ring (bicyclic) bond motifs is 1. The number of hydrogen-bond donors (Lipinski definition) is 3. The molecule has 3 N–H and O–H groups in total. The fourth-order valence-corrected chi connectivity index (χ4v) is 4.62. The van der Waals surface area contributed by atoms with Crippen molar-refractivity contribution in [3.05, 3.63) is 35.9 Å². The maximum atomic E-state index is 10.6. The van der Waals surface area contributed by atoms with E-state index < -0.39 is 24.3 Å². The van der Waals surface area contributed by atoms with Gasteiger partial charge in [0.2, 0.25) is 5.89 Å². The van der Waals surface area contributed by atoms with E-state index in [0.29, 0.717) is 11.9 Å². The molecule has 1 aromatic carbocycles. The van der Waals surface area contributed by atoms with Crippen LogP contribution in [0.4, 0.5) is 26.3 Å². The van der Waals surface area contributed by atoms with Crippen molar-refractivity contribution >= 4 is 22.8 Å². The van der Waals surface area contributed by atoms with Crippen LogP contribution in [0, 0.1) is 5.92 Å². The molecule has 0 saturated carbocycles. The van der Waals surface area contributed by atoms with Gasteiger partial charge in [0.1, 0.15) is 0 Å². The van der Waals surface area contributed by atoms with Crippen LogP contribution in [0.5, 0.6) is 0 Å². The average molecular weight is 609 g/mol. The van der Waals surface area contributed by atoms with Crippen LogP contribution in [-0.2, 0) is 16.0 Å². The number of carboxylic acids is 2. The summed E-state index contributed by atoms with van der Waals surface area (Å²) in [6.45, 7) is 7.91. The van der Waals surface area contributed by atoms with Gasteiger partial charge in [0.15, 0.2) is 0 Å². The smallest absolute Gasteiger partial charge is 0.475 e. The Labute approximate surface area is 235 Å².